The molecule has 0 saturated heterocycles. The summed E-state index contributed by atoms with van der Waals surface area (Å²) < 4.78 is 16.2. The number of methoxy groups -OCH3 is 2. The molecule has 0 atom stereocenters. The van der Waals surface area contributed by atoms with Crippen molar-refractivity contribution >= 4 is 0 Å². The zero-order valence-corrected chi connectivity index (χ0v) is 12.0. The van der Waals surface area contributed by atoms with Gasteiger partial charge in [0.25, 0.3) is 0 Å². The first-order valence-electron chi connectivity index (χ1n) is 6.65. The molecule has 0 unspecified atom stereocenters. The Labute approximate surface area is 120 Å². The maximum atomic E-state index is 5.69. The number of benzene rings is 2. The van der Waals surface area contributed by atoms with Gasteiger partial charge in [0, 0.05) is 6.07 Å². The van der Waals surface area contributed by atoms with Crippen molar-refractivity contribution in [1.29, 1.82) is 0 Å². The molecule has 0 heterocycles. The second-order valence-electron chi connectivity index (χ2n) is 4.51. The maximum Gasteiger partial charge on any atom is 0.122 e. The van der Waals surface area contributed by atoms with Gasteiger partial charge in [0.1, 0.15) is 11.5 Å². The Hall–Kier alpha value is -2.00. The molecular formula is C17H20O3. The van der Waals surface area contributed by atoms with Crippen LogP contribution in [0.25, 0.3) is 0 Å². The van der Waals surface area contributed by atoms with Crippen molar-refractivity contribution in [2.75, 3.05) is 20.8 Å². The van der Waals surface area contributed by atoms with Gasteiger partial charge in [-0.25, -0.2) is 0 Å². The highest BCUT2D eigenvalue weighted by molar-refractivity contribution is 5.38. The summed E-state index contributed by atoms with van der Waals surface area (Å²) in [6.45, 7) is 1.31. The van der Waals surface area contributed by atoms with Gasteiger partial charge in [0.2, 0.25) is 0 Å². The molecule has 2 aromatic carbocycles. The molecule has 0 amide bonds. The lowest BCUT2D eigenvalue weighted by atomic mass is 10.1. The van der Waals surface area contributed by atoms with Crippen LogP contribution < -0.4 is 9.47 Å². The van der Waals surface area contributed by atoms with Gasteiger partial charge < -0.3 is 14.2 Å². The molecule has 0 aromatic heterocycles. The minimum absolute atomic E-state index is 0.641. The van der Waals surface area contributed by atoms with Gasteiger partial charge in [-0.2, -0.15) is 0 Å². The molecule has 0 aliphatic heterocycles. The van der Waals surface area contributed by atoms with Crippen LogP contribution in [0.3, 0.4) is 0 Å². The van der Waals surface area contributed by atoms with E-state index >= 15 is 0 Å². The monoisotopic (exact) mass is 272 g/mol. The molecule has 0 aliphatic carbocycles. The van der Waals surface area contributed by atoms with Crippen LogP contribution in [-0.2, 0) is 17.8 Å². The van der Waals surface area contributed by atoms with Crippen LogP contribution in [-0.4, -0.2) is 20.8 Å². The Kier molecular flexibility index (Phi) is 5.44. The van der Waals surface area contributed by atoms with Gasteiger partial charge in [-0.05, 0) is 29.7 Å². The summed E-state index contributed by atoms with van der Waals surface area (Å²) in [5.74, 6) is 1.62. The van der Waals surface area contributed by atoms with Gasteiger partial charge in [-0.3, -0.25) is 0 Å². The zero-order chi connectivity index (χ0) is 14.2. The lowest BCUT2D eigenvalue weighted by Crippen LogP contribution is -2.00. The van der Waals surface area contributed by atoms with E-state index in [-0.39, 0.29) is 0 Å². The van der Waals surface area contributed by atoms with E-state index in [1.165, 1.54) is 5.56 Å². The molecule has 20 heavy (non-hydrogen) atoms. The van der Waals surface area contributed by atoms with Crippen molar-refractivity contribution in [3.8, 4) is 11.5 Å². The molecule has 0 fully saturated rings. The first-order chi connectivity index (χ1) is 9.81. The summed E-state index contributed by atoms with van der Waals surface area (Å²) in [4.78, 5) is 0. The maximum absolute atomic E-state index is 5.69. The van der Waals surface area contributed by atoms with Crippen LogP contribution >= 0.6 is 0 Å². The molecule has 0 aliphatic rings. The molecular weight excluding hydrogens is 252 g/mol. The van der Waals surface area contributed by atoms with Crippen LogP contribution in [0.5, 0.6) is 11.5 Å². The summed E-state index contributed by atoms with van der Waals surface area (Å²) in [7, 11) is 3.31. The lowest BCUT2D eigenvalue weighted by Gasteiger charge is -2.09. The van der Waals surface area contributed by atoms with Crippen molar-refractivity contribution in [2.45, 2.75) is 13.0 Å². The number of hydrogen-bond acceptors (Lipinski definition) is 3. The molecule has 0 radical (unpaired) electrons. The van der Waals surface area contributed by atoms with Crippen molar-refractivity contribution < 1.29 is 14.2 Å². The van der Waals surface area contributed by atoms with E-state index in [2.05, 4.69) is 12.1 Å². The first-order valence-corrected chi connectivity index (χ1v) is 6.65. The predicted molar refractivity (Wildman–Crippen MR) is 79.3 cm³/mol. The molecule has 0 bridgehead atoms. The van der Waals surface area contributed by atoms with E-state index in [1.54, 1.807) is 14.2 Å². The van der Waals surface area contributed by atoms with Crippen LogP contribution in [0.4, 0.5) is 0 Å². The number of rotatable bonds is 7. The van der Waals surface area contributed by atoms with E-state index in [0.717, 1.165) is 23.5 Å². The molecule has 2 rings (SSSR count). The molecule has 2 aromatic rings. The van der Waals surface area contributed by atoms with Crippen LogP contribution in [0, 0.1) is 0 Å². The van der Waals surface area contributed by atoms with Gasteiger partial charge in [0.05, 0.1) is 27.4 Å². The average molecular weight is 272 g/mol. The highest BCUT2D eigenvalue weighted by Crippen LogP contribution is 2.22. The fraction of sp³-hybridized carbons (Fsp3) is 0.294. The Bertz CT molecular complexity index is 501. The molecule has 106 valence electrons. The normalized spacial score (nSPS) is 10.3. The Balaban J connectivity index is 1.84. The second-order valence-corrected chi connectivity index (χ2v) is 4.51. The van der Waals surface area contributed by atoms with Crippen LogP contribution in [0.1, 0.15) is 11.1 Å². The van der Waals surface area contributed by atoms with Crippen LogP contribution in [0.2, 0.25) is 0 Å². The van der Waals surface area contributed by atoms with Gasteiger partial charge in [-0.1, -0.05) is 30.3 Å². The standard InChI is InChI=1S/C17H20O3/c1-18-16-10-15(11-17(12-16)19-2)8-9-20-13-14-6-4-3-5-7-14/h3-7,10-12H,8-9,13H2,1-2H3. The third kappa shape index (κ3) is 4.28. The van der Waals surface area contributed by atoms with Gasteiger partial charge in [0.15, 0.2) is 0 Å². The van der Waals surface area contributed by atoms with E-state index in [1.807, 2.05) is 36.4 Å². The summed E-state index contributed by atoms with van der Waals surface area (Å²) in [6.07, 6.45) is 0.834. The Morgan fingerprint density at radius 1 is 0.800 bits per heavy atom. The number of ether oxygens (including phenoxy) is 3. The molecule has 0 saturated carbocycles. The van der Waals surface area contributed by atoms with Crippen molar-refractivity contribution in [2.24, 2.45) is 0 Å². The Morgan fingerprint density at radius 2 is 1.45 bits per heavy atom. The highest BCUT2D eigenvalue weighted by atomic mass is 16.5. The van der Waals surface area contributed by atoms with Crippen molar-refractivity contribution in [1.82, 2.24) is 0 Å². The molecule has 3 heteroatoms. The zero-order valence-electron chi connectivity index (χ0n) is 12.0. The fourth-order valence-corrected chi connectivity index (χ4v) is 1.96. The lowest BCUT2D eigenvalue weighted by molar-refractivity contribution is 0.124. The van der Waals surface area contributed by atoms with E-state index < -0.39 is 0 Å². The SMILES string of the molecule is COc1cc(CCOCc2ccccc2)cc(OC)c1. The fourth-order valence-electron chi connectivity index (χ4n) is 1.96. The van der Waals surface area contributed by atoms with E-state index in [4.69, 9.17) is 14.2 Å². The first kappa shape index (κ1) is 14.4. The topological polar surface area (TPSA) is 27.7 Å². The van der Waals surface area contributed by atoms with Crippen molar-refractivity contribution in [3.05, 3.63) is 59.7 Å². The van der Waals surface area contributed by atoms with E-state index in [9.17, 15) is 0 Å². The van der Waals surface area contributed by atoms with Gasteiger partial charge >= 0.3 is 0 Å². The van der Waals surface area contributed by atoms with Gasteiger partial charge in [-0.15, -0.1) is 0 Å². The largest absolute Gasteiger partial charge is 0.497 e. The minimum Gasteiger partial charge on any atom is -0.497 e. The second kappa shape index (κ2) is 7.56. The van der Waals surface area contributed by atoms with Crippen LogP contribution in [0.15, 0.2) is 48.5 Å². The minimum atomic E-state index is 0.641. The third-order valence-electron chi connectivity index (χ3n) is 3.06. The molecule has 3 nitrogen and oxygen atoms in total. The highest BCUT2D eigenvalue weighted by Gasteiger charge is 2.02. The van der Waals surface area contributed by atoms with E-state index in [0.29, 0.717) is 13.2 Å². The summed E-state index contributed by atoms with van der Waals surface area (Å²) >= 11 is 0. The summed E-state index contributed by atoms with van der Waals surface area (Å²) in [5.41, 5.74) is 2.34. The smallest absolute Gasteiger partial charge is 0.122 e. The third-order valence-corrected chi connectivity index (χ3v) is 3.06. The number of hydrogen-bond donors (Lipinski definition) is 0. The molecule has 0 spiro atoms. The van der Waals surface area contributed by atoms with Crippen molar-refractivity contribution in [3.63, 3.8) is 0 Å². The summed E-state index contributed by atoms with van der Waals surface area (Å²) in [5, 5.41) is 0. The molecule has 0 N–H and O–H groups in total. The summed E-state index contributed by atoms with van der Waals surface area (Å²) in [6, 6.07) is 16.1. The predicted octanol–water partition coefficient (Wildman–Crippen LogP) is 3.46. The quantitative estimate of drug-likeness (QED) is 0.722. The Morgan fingerprint density at radius 3 is 2.05 bits per heavy atom. The average Bonchev–Trinajstić information content (AvgIpc) is 2.52.